The van der Waals surface area contributed by atoms with E-state index in [1.165, 1.54) is 4.68 Å². The number of rotatable bonds is 2. The zero-order chi connectivity index (χ0) is 13.4. The first kappa shape index (κ1) is 11.8. The zero-order valence-corrected chi connectivity index (χ0v) is 10.4. The molecule has 5 nitrogen and oxygen atoms in total. The normalized spacial score (nSPS) is 21.9. The Hall–Kier alpha value is -2.30. The van der Waals surface area contributed by atoms with E-state index in [0.717, 1.165) is 24.1 Å². The lowest BCUT2D eigenvalue weighted by atomic mass is 9.70. The third-order valence-electron chi connectivity index (χ3n) is 3.81. The second-order valence-electron chi connectivity index (χ2n) is 4.93. The molecule has 5 heteroatoms. The van der Waals surface area contributed by atoms with Crippen molar-refractivity contribution in [3.63, 3.8) is 0 Å². The number of hydrogen-bond acceptors (Lipinski definition) is 3. The predicted molar refractivity (Wildman–Crippen MR) is 70.0 cm³/mol. The number of phenolic OH excluding ortho intramolecular Hbond substituents is 1. The van der Waals surface area contributed by atoms with Crippen molar-refractivity contribution in [2.75, 3.05) is 0 Å². The van der Waals surface area contributed by atoms with Gasteiger partial charge in [0.2, 0.25) is 0 Å². The van der Waals surface area contributed by atoms with E-state index < -0.39 is 6.03 Å². The molecule has 1 fully saturated rings. The molecule has 0 radical (unpaired) electrons. The topological polar surface area (TPSA) is 81.1 Å². The first-order valence-corrected chi connectivity index (χ1v) is 6.28. The van der Waals surface area contributed by atoms with Crippen LogP contribution < -0.4 is 5.73 Å². The molecule has 0 saturated heterocycles. The summed E-state index contributed by atoms with van der Waals surface area (Å²) in [5, 5.41) is 13.7. The van der Waals surface area contributed by atoms with Gasteiger partial charge in [-0.1, -0.05) is 18.2 Å². The summed E-state index contributed by atoms with van der Waals surface area (Å²) in [6, 6.07) is 8.67. The van der Waals surface area contributed by atoms with Gasteiger partial charge in [-0.3, -0.25) is 0 Å². The fraction of sp³-hybridized carbons (Fsp3) is 0.286. The van der Waals surface area contributed by atoms with Gasteiger partial charge < -0.3 is 10.8 Å². The first-order chi connectivity index (χ1) is 9.16. The molecule has 0 unspecified atom stereocenters. The maximum atomic E-state index is 11.2. The largest absolute Gasteiger partial charge is 0.508 e. The van der Waals surface area contributed by atoms with Crippen LogP contribution in [-0.2, 0) is 0 Å². The van der Waals surface area contributed by atoms with E-state index in [2.05, 4.69) is 5.10 Å². The van der Waals surface area contributed by atoms with Gasteiger partial charge in [0.05, 0.1) is 5.69 Å². The Morgan fingerprint density at radius 2 is 2.00 bits per heavy atom. The van der Waals surface area contributed by atoms with Gasteiger partial charge in [0.15, 0.2) is 0 Å². The number of hydrogen-bond donors (Lipinski definition) is 2. The van der Waals surface area contributed by atoms with Gasteiger partial charge in [-0.2, -0.15) is 9.78 Å². The number of nitrogens with two attached hydrogens (primary N) is 1. The van der Waals surface area contributed by atoms with Crippen LogP contribution in [0.25, 0.3) is 0 Å². The number of carbonyl (C=O) groups is 1. The highest BCUT2D eigenvalue weighted by atomic mass is 16.3. The Morgan fingerprint density at radius 3 is 2.68 bits per heavy atom. The van der Waals surface area contributed by atoms with E-state index >= 15 is 0 Å². The molecule has 0 spiro atoms. The number of nitrogens with zero attached hydrogens (tertiary/aromatic N) is 2. The van der Waals surface area contributed by atoms with Crippen LogP contribution in [0.15, 0.2) is 36.5 Å². The summed E-state index contributed by atoms with van der Waals surface area (Å²) in [5.41, 5.74) is 7.10. The van der Waals surface area contributed by atoms with Crippen LogP contribution >= 0.6 is 0 Å². The lowest BCUT2D eigenvalue weighted by molar-refractivity contribution is 0.244. The predicted octanol–water partition coefficient (Wildman–Crippen LogP) is 2.18. The molecular weight excluding hydrogens is 242 g/mol. The van der Waals surface area contributed by atoms with Crippen LogP contribution in [0.5, 0.6) is 5.75 Å². The van der Waals surface area contributed by atoms with Crippen LogP contribution in [0, 0.1) is 0 Å². The Kier molecular flexibility index (Phi) is 2.74. The maximum absolute atomic E-state index is 11.2. The van der Waals surface area contributed by atoms with Crippen LogP contribution in [0.2, 0.25) is 0 Å². The second kappa shape index (κ2) is 4.42. The number of phenols is 1. The molecule has 1 aliphatic rings. The average Bonchev–Trinajstić information content (AvgIpc) is 2.79. The SMILES string of the molecule is NC(=O)n1nccc1C1CC(c2ccccc2O)C1. The van der Waals surface area contributed by atoms with Gasteiger partial charge in [-0.15, -0.1) is 0 Å². The lowest BCUT2D eigenvalue weighted by Crippen LogP contribution is -2.28. The third kappa shape index (κ3) is 1.97. The summed E-state index contributed by atoms with van der Waals surface area (Å²) in [5.74, 6) is 0.955. The molecular formula is C14H15N3O2. The van der Waals surface area contributed by atoms with Gasteiger partial charge in [-0.25, -0.2) is 4.79 Å². The van der Waals surface area contributed by atoms with Crippen molar-refractivity contribution in [3.05, 3.63) is 47.8 Å². The molecule has 19 heavy (non-hydrogen) atoms. The molecule has 1 aromatic carbocycles. The van der Waals surface area contributed by atoms with Crippen LogP contribution in [-0.4, -0.2) is 20.9 Å². The van der Waals surface area contributed by atoms with E-state index in [1.54, 1.807) is 12.3 Å². The Bertz CT molecular complexity index is 615. The number of benzene rings is 1. The molecule has 98 valence electrons. The summed E-state index contributed by atoms with van der Waals surface area (Å²) in [4.78, 5) is 11.2. The number of aromatic hydroxyl groups is 1. The molecule has 0 atom stereocenters. The highest BCUT2D eigenvalue weighted by Crippen LogP contribution is 2.49. The van der Waals surface area contributed by atoms with Crippen molar-refractivity contribution in [1.82, 2.24) is 9.78 Å². The standard InChI is InChI=1S/C14H15N3O2/c15-14(19)17-12(5-6-16-17)10-7-9(8-10)11-3-1-2-4-13(11)18/h1-6,9-10,18H,7-8H2,(H2,15,19). The van der Waals surface area contributed by atoms with Crippen LogP contribution in [0.1, 0.15) is 35.9 Å². The van der Waals surface area contributed by atoms with Crippen molar-refractivity contribution in [3.8, 4) is 5.75 Å². The van der Waals surface area contributed by atoms with E-state index in [4.69, 9.17) is 5.73 Å². The molecule has 3 N–H and O–H groups in total. The molecule has 1 aromatic heterocycles. The van der Waals surface area contributed by atoms with E-state index in [9.17, 15) is 9.90 Å². The van der Waals surface area contributed by atoms with Crippen molar-refractivity contribution in [2.45, 2.75) is 24.7 Å². The van der Waals surface area contributed by atoms with Crippen molar-refractivity contribution in [1.29, 1.82) is 0 Å². The smallest absolute Gasteiger partial charge is 0.339 e. The first-order valence-electron chi connectivity index (χ1n) is 6.28. The average molecular weight is 257 g/mol. The number of para-hydroxylation sites is 1. The Morgan fingerprint density at radius 1 is 1.26 bits per heavy atom. The Labute approximate surface area is 110 Å². The molecule has 2 aromatic rings. The fourth-order valence-corrected chi connectivity index (χ4v) is 2.75. The highest BCUT2D eigenvalue weighted by Gasteiger charge is 2.35. The summed E-state index contributed by atoms with van der Waals surface area (Å²) in [6.07, 6.45) is 3.39. The van der Waals surface area contributed by atoms with E-state index in [1.807, 2.05) is 24.3 Å². The van der Waals surface area contributed by atoms with E-state index in [-0.39, 0.29) is 5.92 Å². The van der Waals surface area contributed by atoms with Crippen LogP contribution in [0.3, 0.4) is 0 Å². The highest BCUT2D eigenvalue weighted by molar-refractivity contribution is 5.74. The monoisotopic (exact) mass is 257 g/mol. The van der Waals surface area contributed by atoms with Crippen molar-refractivity contribution < 1.29 is 9.90 Å². The summed E-state index contributed by atoms with van der Waals surface area (Å²) in [6.45, 7) is 0. The number of primary amides is 1. The summed E-state index contributed by atoms with van der Waals surface area (Å²) in [7, 11) is 0. The second-order valence-corrected chi connectivity index (χ2v) is 4.93. The lowest BCUT2D eigenvalue weighted by Gasteiger charge is -2.35. The quantitative estimate of drug-likeness (QED) is 0.865. The minimum atomic E-state index is -0.550. The van der Waals surface area contributed by atoms with Gasteiger partial charge in [0.1, 0.15) is 5.75 Å². The molecule has 1 amide bonds. The minimum absolute atomic E-state index is 0.277. The number of amides is 1. The zero-order valence-electron chi connectivity index (χ0n) is 10.4. The van der Waals surface area contributed by atoms with Gasteiger partial charge in [0.25, 0.3) is 0 Å². The third-order valence-corrected chi connectivity index (χ3v) is 3.81. The van der Waals surface area contributed by atoms with Crippen LogP contribution in [0.4, 0.5) is 4.79 Å². The minimum Gasteiger partial charge on any atom is -0.508 e. The van der Waals surface area contributed by atoms with Crippen molar-refractivity contribution in [2.24, 2.45) is 5.73 Å². The molecule has 1 heterocycles. The Balaban J connectivity index is 1.75. The van der Waals surface area contributed by atoms with E-state index in [0.29, 0.717) is 11.7 Å². The van der Waals surface area contributed by atoms with Gasteiger partial charge in [-0.05, 0) is 36.5 Å². The van der Waals surface area contributed by atoms with Gasteiger partial charge in [0, 0.05) is 12.1 Å². The van der Waals surface area contributed by atoms with Gasteiger partial charge >= 0.3 is 6.03 Å². The van der Waals surface area contributed by atoms with Crippen molar-refractivity contribution >= 4 is 6.03 Å². The summed E-state index contributed by atoms with van der Waals surface area (Å²) < 4.78 is 1.26. The molecule has 1 aliphatic carbocycles. The number of aromatic nitrogens is 2. The fourth-order valence-electron chi connectivity index (χ4n) is 2.75. The molecule has 1 saturated carbocycles. The number of carbonyl (C=O) groups excluding carboxylic acids is 1. The molecule has 0 aliphatic heterocycles. The maximum Gasteiger partial charge on any atom is 0.339 e. The summed E-state index contributed by atoms with van der Waals surface area (Å²) >= 11 is 0. The molecule has 0 bridgehead atoms. The molecule has 3 rings (SSSR count).